The largest absolute Gasteiger partial charge is 0.472 e. The van der Waals surface area contributed by atoms with Crippen LogP contribution >= 0.6 is 15.6 Å². The van der Waals surface area contributed by atoms with E-state index in [1.807, 2.05) is 0 Å². The highest BCUT2D eigenvalue weighted by molar-refractivity contribution is 7.47. The fourth-order valence-electron chi connectivity index (χ4n) is 10.4. The number of aliphatic hydroxyl groups excluding tert-OH is 1. The molecule has 5 unspecified atom stereocenters. The van der Waals surface area contributed by atoms with Crippen LogP contribution in [-0.4, -0.2) is 96.7 Å². The first-order valence-corrected chi connectivity index (χ1v) is 44.7. The van der Waals surface area contributed by atoms with Gasteiger partial charge in [-0.1, -0.05) is 286 Å². The Bertz CT molecular complexity index is 2850. The van der Waals surface area contributed by atoms with E-state index in [1.165, 1.54) is 0 Å². The molecule has 0 aliphatic carbocycles. The van der Waals surface area contributed by atoms with E-state index in [-0.39, 0.29) is 25.7 Å². The van der Waals surface area contributed by atoms with Gasteiger partial charge in [-0.2, -0.15) is 0 Å². The summed E-state index contributed by atoms with van der Waals surface area (Å²) in [5, 5.41) is 10.7. The van der Waals surface area contributed by atoms with Crippen molar-refractivity contribution in [2.45, 2.75) is 316 Å². The monoisotopic (exact) mass is 1570 g/mol. The third-order valence-corrected chi connectivity index (χ3v) is 18.4. The first kappa shape index (κ1) is 104. The van der Waals surface area contributed by atoms with Crippen molar-refractivity contribution in [3.8, 4) is 0 Å². The molecule has 19 heteroatoms. The van der Waals surface area contributed by atoms with Crippen LogP contribution in [0.25, 0.3) is 0 Å². The van der Waals surface area contributed by atoms with Crippen LogP contribution in [0.4, 0.5) is 0 Å². The van der Waals surface area contributed by atoms with Gasteiger partial charge in [0.15, 0.2) is 12.2 Å². The molecule has 0 aromatic rings. The molecular formula is C91H146O17P2. The van der Waals surface area contributed by atoms with Crippen molar-refractivity contribution in [3.05, 3.63) is 194 Å². The van der Waals surface area contributed by atoms with E-state index in [9.17, 15) is 43.2 Å². The van der Waals surface area contributed by atoms with E-state index < -0.39 is 97.5 Å². The van der Waals surface area contributed by atoms with Gasteiger partial charge in [-0.15, -0.1) is 0 Å². The predicted octanol–water partition coefficient (Wildman–Crippen LogP) is 24.9. The van der Waals surface area contributed by atoms with Gasteiger partial charge in [-0.05, 0) is 180 Å². The zero-order valence-corrected chi connectivity index (χ0v) is 69.9. The lowest BCUT2D eigenvalue weighted by Gasteiger charge is -2.21. The third-order valence-electron chi connectivity index (χ3n) is 16.5. The fraction of sp³-hybridized carbons (Fsp3) is 0.604. The highest BCUT2D eigenvalue weighted by Gasteiger charge is 2.30. The molecule has 0 bridgehead atoms. The normalized spacial score (nSPS) is 14.8. The molecule has 5 atom stereocenters. The minimum absolute atomic E-state index is 0.0549. The van der Waals surface area contributed by atoms with Crippen LogP contribution in [0.3, 0.4) is 0 Å². The second kappa shape index (κ2) is 80.9. The number of unbranched alkanes of at least 4 members (excludes halogenated alkanes) is 18. The maximum absolute atomic E-state index is 13.1. The van der Waals surface area contributed by atoms with Crippen LogP contribution in [0.5, 0.6) is 0 Å². The standard InChI is InChI=1S/C91H146O17P2/c1-5-9-13-17-21-25-29-33-37-40-42-45-48-51-55-59-63-67-71-75-88(93)101-81-86(107-90(95)77-73-69-65-61-57-53-47-36-32-28-24-20-16-12-8-4)83-105-109(97,98)103-79-85(92)80-104-110(99,100)106-84-87(108-91(96)78-74-70-66-62-58-54-50-44-39-35-31-27-23-19-15-11-7-3)82-102-89(94)76-72-68-64-60-56-52-49-46-43-41-38-34-30-26-22-18-14-10-6-2/h9-16,21-28,33-39,42-43,45-47,50-51,54-55,85-87,92H,5-8,17-20,29-32,40-41,44,48-49,52-53,56-84H2,1-4H3,(H,97,98)(H,99,100)/b13-9-,14-10-,15-11-,16-12-,25-21-,26-22-,27-23-,28-24-,37-33-,38-34-,39-35-,45-42-,46-43-,47-36-,54-50-,55-51-. The molecule has 0 spiro atoms. The topological polar surface area (TPSA) is 237 Å². The lowest BCUT2D eigenvalue weighted by Crippen LogP contribution is -2.30. The maximum atomic E-state index is 13.1. The average molecular weight is 1570 g/mol. The highest BCUT2D eigenvalue weighted by Crippen LogP contribution is 2.45. The Hall–Kier alpha value is -6.10. The molecule has 0 heterocycles. The van der Waals surface area contributed by atoms with Gasteiger partial charge in [0.25, 0.3) is 0 Å². The molecule has 0 fully saturated rings. The van der Waals surface area contributed by atoms with Gasteiger partial charge >= 0.3 is 39.5 Å². The second-order valence-corrected chi connectivity index (χ2v) is 29.8. The Morgan fingerprint density at radius 2 is 0.445 bits per heavy atom. The van der Waals surface area contributed by atoms with Crippen LogP contribution in [-0.2, 0) is 65.4 Å². The molecule has 0 aromatic heterocycles. The van der Waals surface area contributed by atoms with Gasteiger partial charge in [0.1, 0.15) is 19.3 Å². The molecule has 0 aliphatic heterocycles. The summed E-state index contributed by atoms with van der Waals surface area (Å²) in [6.07, 6.45) is 99.6. The number of rotatable bonds is 76. The van der Waals surface area contributed by atoms with Crippen molar-refractivity contribution in [1.29, 1.82) is 0 Å². The molecule has 0 aliphatic rings. The van der Waals surface area contributed by atoms with Crippen LogP contribution in [0, 0.1) is 0 Å². The summed E-state index contributed by atoms with van der Waals surface area (Å²) < 4.78 is 68.7. The van der Waals surface area contributed by atoms with E-state index >= 15 is 0 Å². The molecule has 17 nitrogen and oxygen atoms in total. The van der Waals surface area contributed by atoms with Crippen molar-refractivity contribution in [2.24, 2.45) is 0 Å². The number of hydrogen-bond acceptors (Lipinski definition) is 15. The van der Waals surface area contributed by atoms with Crippen molar-refractivity contribution >= 4 is 39.5 Å². The third kappa shape index (κ3) is 80.0. The van der Waals surface area contributed by atoms with Crippen molar-refractivity contribution in [2.75, 3.05) is 39.6 Å². The van der Waals surface area contributed by atoms with E-state index in [0.29, 0.717) is 25.7 Å². The number of allylic oxidation sites excluding steroid dienone is 32. The predicted molar refractivity (Wildman–Crippen MR) is 454 cm³/mol. The van der Waals surface area contributed by atoms with Crippen LogP contribution < -0.4 is 0 Å². The molecular weight excluding hydrogens is 1430 g/mol. The molecule has 0 saturated heterocycles. The number of esters is 4. The zero-order chi connectivity index (χ0) is 80.3. The number of ether oxygens (including phenoxy) is 4. The van der Waals surface area contributed by atoms with E-state index in [2.05, 4.69) is 222 Å². The Balaban J connectivity index is 5.48. The average Bonchev–Trinajstić information content (AvgIpc) is 0.899. The SMILES string of the molecule is CC/C=C\C/C=C\C/C=C\C/C=C\C/C=C\CCCCCC(=O)OCC(COP(=O)(O)OCC(O)COP(=O)(O)OCC(COC(=O)CCCCCCCC/C=C\C/C=C\C/C=C\C/C=C\CC)OC(=O)CCCCCC/C=C\C/C=C\C/C=C\C/C=C\CC)OC(=O)CCCCCCC/C=C\C/C=C\C/C=C\CC. The van der Waals surface area contributed by atoms with E-state index in [0.717, 1.165) is 218 Å². The molecule has 0 radical (unpaired) electrons. The Morgan fingerprint density at radius 1 is 0.255 bits per heavy atom. The molecule has 110 heavy (non-hydrogen) atoms. The summed E-state index contributed by atoms with van der Waals surface area (Å²) in [6.45, 7) is 4.31. The van der Waals surface area contributed by atoms with Gasteiger partial charge in [0, 0.05) is 25.7 Å². The lowest BCUT2D eigenvalue weighted by molar-refractivity contribution is -0.161. The Morgan fingerprint density at radius 3 is 0.691 bits per heavy atom. The van der Waals surface area contributed by atoms with Gasteiger partial charge in [0.2, 0.25) is 0 Å². The zero-order valence-electron chi connectivity index (χ0n) is 68.1. The number of phosphoric ester groups is 2. The summed E-state index contributed by atoms with van der Waals surface area (Å²) in [7, 11) is -10.0. The lowest BCUT2D eigenvalue weighted by atomic mass is 10.1. The number of carbonyl (C=O) groups excluding carboxylic acids is 4. The molecule has 622 valence electrons. The van der Waals surface area contributed by atoms with Gasteiger partial charge in [0.05, 0.1) is 26.4 Å². The quantitative estimate of drug-likeness (QED) is 0.0169. The first-order valence-electron chi connectivity index (χ1n) is 41.7. The van der Waals surface area contributed by atoms with Crippen LogP contribution in [0.15, 0.2) is 194 Å². The molecule has 0 rings (SSSR count). The smallest absolute Gasteiger partial charge is 0.462 e. The number of aliphatic hydroxyl groups is 1. The number of hydrogen-bond donors (Lipinski definition) is 3. The summed E-state index contributed by atoms with van der Waals surface area (Å²) in [4.78, 5) is 73.2. The van der Waals surface area contributed by atoms with E-state index in [4.69, 9.17) is 37.0 Å². The number of carbonyl (C=O) groups is 4. The highest BCUT2D eigenvalue weighted by atomic mass is 31.2. The first-order chi connectivity index (χ1) is 53.7. The van der Waals surface area contributed by atoms with Crippen LogP contribution in [0.2, 0.25) is 0 Å². The minimum atomic E-state index is -5.01. The van der Waals surface area contributed by atoms with Gasteiger partial charge in [-0.3, -0.25) is 37.3 Å². The van der Waals surface area contributed by atoms with Crippen molar-refractivity contribution in [3.63, 3.8) is 0 Å². The summed E-state index contributed by atoms with van der Waals surface area (Å²) in [5.41, 5.74) is 0. The van der Waals surface area contributed by atoms with Gasteiger partial charge < -0.3 is 33.8 Å². The minimum Gasteiger partial charge on any atom is -0.462 e. The Kier molecular flexibility index (Phi) is 76.4. The van der Waals surface area contributed by atoms with Crippen molar-refractivity contribution < 1.29 is 80.2 Å². The van der Waals surface area contributed by atoms with Gasteiger partial charge in [-0.25, -0.2) is 9.13 Å². The molecule has 0 amide bonds. The summed E-state index contributed by atoms with van der Waals surface area (Å²) in [5.74, 6) is -2.29. The van der Waals surface area contributed by atoms with E-state index in [1.54, 1.807) is 0 Å². The molecule has 3 N–H and O–H groups in total. The van der Waals surface area contributed by atoms with Crippen LogP contribution in [0.1, 0.15) is 297 Å². The number of phosphoric acid groups is 2. The molecule has 0 saturated carbocycles. The Labute approximate surface area is 666 Å². The van der Waals surface area contributed by atoms with Crippen molar-refractivity contribution in [1.82, 2.24) is 0 Å². The second-order valence-electron chi connectivity index (χ2n) is 26.9. The fourth-order valence-corrected chi connectivity index (χ4v) is 11.9. The maximum Gasteiger partial charge on any atom is 0.472 e. The summed E-state index contributed by atoms with van der Waals surface area (Å²) in [6, 6.07) is 0. The summed E-state index contributed by atoms with van der Waals surface area (Å²) >= 11 is 0. The molecule has 0 aromatic carbocycles.